The lowest BCUT2D eigenvalue weighted by Gasteiger charge is -2.13. The van der Waals surface area contributed by atoms with Crippen LogP contribution in [0.1, 0.15) is 22.3 Å². The normalized spacial score (nSPS) is 10.2. The van der Waals surface area contributed by atoms with E-state index in [-0.39, 0.29) is 5.91 Å². The van der Waals surface area contributed by atoms with E-state index in [1.165, 1.54) is 5.56 Å². The highest BCUT2D eigenvalue weighted by molar-refractivity contribution is 5.78. The van der Waals surface area contributed by atoms with Crippen LogP contribution in [0.25, 0.3) is 0 Å². The lowest BCUT2D eigenvalue weighted by Crippen LogP contribution is -2.20. The molecule has 0 bridgehead atoms. The predicted molar refractivity (Wildman–Crippen MR) is 84.5 cm³/mol. The number of ether oxygens (including phenoxy) is 1. The molecule has 2 rings (SSSR count). The molecule has 0 spiro atoms. The number of carbonyl (C=O) groups excluding carboxylic acids is 1. The summed E-state index contributed by atoms with van der Waals surface area (Å²) in [5.41, 5.74) is 4.34. The molecule has 1 amide bonds. The van der Waals surface area contributed by atoms with Gasteiger partial charge in [-0.1, -0.05) is 36.4 Å². The van der Waals surface area contributed by atoms with Gasteiger partial charge in [0.25, 0.3) is 0 Å². The quantitative estimate of drug-likeness (QED) is 0.915. The molecule has 0 saturated heterocycles. The van der Waals surface area contributed by atoms with Crippen LogP contribution < -0.4 is 10.1 Å². The van der Waals surface area contributed by atoms with Gasteiger partial charge in [-0.3, -0.25) is 4.79 Å². The largest absolute Gasteiger partial charge is 0.489 e. The molecule has 0 aliphatic heterocycles. The van der Waals surface area contributed by atoms with E-state index in [1.54, 1.807) is 7.05 Å². The van der Waals surface area contributed by atoms with Gasteiger partial charge in [-0.05, 0) is 42.2 Å². The van der Waals surface area contributed by atoms with Crippen LogP contribution in [0.2, 0.25) is 0 Å². The van der Waals surface area contributed by atoms with Crippen LogP contribution in [0.4, 0.5) is 0 Å². The maximum Gasteiger partial charge on any atom is 0.224 e. The Morgan fingerprint density at radius 3 is 2.52 bits per heavy atom. The van der Waals surface area contributed by atoms with E-state index in [0.29, 0.717) is 13.0 Å². The summed E-state index contributed by atoms with van der Waals surface area (Å²) in [4.78, 5) is 11.6. The Morgan fingerprint density at radius 2 is 1.81 bits per heavy atom. The maximum absolute atomic E-state index is 11.6. The Labute approximate surface area is 126 Å². The van der Waals surface area contributed by atoms with E-state index in [2.05, 4.69) is 17.4 Å². The fraction of sp³-hybridized carbons (Fsp3) is 0.278. The van der Waals surface area contributed by atoms with Crippen molar-refractivity contribution in [1.29, 1.82) is 0 Å². The maximum atomic E-state index is 11.6. The topological polar surface area (TPSA) is 38.3 Å². The van der Waals surface area contributed by atoms with Gasteiger partial charge < -0.3 is 10.1 Å². The standard InChI is InChI=1S/C18H21NO2/c1-13-8-9-14(2)17(10-13)21-12-16-7-5-4-6-15(16)11-18(20)19-3/h4-10H,11-12H2,1-3H3,(H,19,20). The third kappa shape index (κ3) is 4.09. The average molecular weight is 283 g/mol. The first-order chi connectivity index (χ1) is 10.1. The summed E-state index contributed by atoms with van der Waals surface area (Å²) in [6.07, 6.45) is 0.378. The summed E-state index contributed by atoms with van der Waals surface area (Å²) in [5.74, 6) is 0.902. The molecule has 1 N–H and O–H groups in total. The van der Waals surface area contributed by atoms with Gasteiger partial charge >= 0.3 is 0 Å². The predicted octanol–water partition coefficient (Wildman–Crippen LogP) is 3.17. The smallest absolute Gasteiger partial charge is 0.224 e. The molecule has 0 heterocycles. The minimum atomic E-state index is 0.00851. The van der Waals surface area contributed by atoms with Crippen molar-refractivity contribution >= 4 is 5.91 Å². The van der Waals surface area contributed by atoms with Crippen LogP contribution in [0.3, 0.4) is 0 Å². The van der Waals surface area contributed by atoms with Crippen molar-refractivity contribution in [2.45, 2.75) is 26.9 Å². The molecular weight excluding hydrogens is 262 g/mol. The van der Waals surface area contributed by atoms with Gasteiger partial charge in [-0.25, -0.2) is 0 Å². The number of amides is 1. The molecule has 0 atom stereocenters. The third-order valence-corrected chi connectivity index (χ3v) is 3.48. The van der Waals surface area contributed by atoms with Crippen molar-refractivity contribution in [2.24, 2.45) is 0 Å². The Bertz CT molecular complexity index is 635. The Kier molecular flexibility index (Phi) is 4.99. The molecule has 0 aromatic heterocycles. The van der Waals surface area contributed by atoms with Gasteiger partial charge in [0.05, 0.1) is 6.42 Å². The van der Waals surface area contributed by atoms with Gasteiger partial charge in [0.1, 0.15) is 12.4 Å². The Morgan fingerprint density at radius 1 is 1.10 bits per heavy atom. The van der Waals surface area contributed by atoms with E-state index in [4.69, 9.17) is 4.74 Å². The number of rotatable bonds is 5. The molecule has 21 heavy (non-hydrogen) atoms. The zero-order chi connectivity index (χ0) is 15.2. The molecule has 0 radical (unpaired) electrons. The molecule has 0 aliphatic rings. The second-order valence-electron chi connectivity index (χ2n) is 5.18. The number of hydrogen-bond donors (Lipinski definition) is 1. The van der Waals surface area contributed by atoms with E-state index >= 15 is 0 Å². The molecule has 0 unspecified atom stereocenters. The minimum absolute atomic E-state index is 0.00851. The summed E-state index contributed by atoms with van der Waals surface area (Å²) in [6.45, 7) is 4.55. The SMILES string of the molecule is CNC(=O)Cc1ccccc1COc1cc(C)ccc1C. The van der Waals surface area contributed by atoms with E-state index in [9.17, 15) is 4.79 Å². The van der Waals surface area contributed by atoms with Crippen molar-refractivity contribution < 1.29 is 9.53 Å². The van der Waals surface area contributed by atoms with Crippen molar-refractivity contribution in [2.75, 3.05) is 7.05 Å². The van der Waals surface area contributed by atoms with Gasteiger partial charge in [0.15, 0.2) is 0 Å². The second kappa shape index (κ2) is 6.93. The van der Waals surface area contributed by atoms with Crippen molar-refractivity contribution in [3.63, 3.8) is 0 Å². The van der Waals surface area contributed by atoms with Crippen LogP contribution in [0.5, 0.6) is 5.75 Å². The number of aryl methyl sites for hydroxylation is 2. The molecule has 0 fully saturated rings. The molecule has 2 aromatic rings. The van der Waals surface area contributed by atoms with Gasteiger partial charge in [0, 0.05) is 7.05 Å². The summed E-state index contributed by atoms with van der Waals surface area (Å²) in [7, 11) is 1.65. The molecule has 3 heteroatoms. The van der Waals surface area contributed by atoms with E-state index < -0.39 is 0 Å². The zero-order valence-electron chi connectivity index (χ0n) is 12.8. The van der Waals surface area contributed by atoms with Crippen LogP contribution in [-0.2, 0) is 17.8 Å². The Balaban J connectivity index is 2.13. The molecule has 0 aliphatic carbocycles. The van der Waals surface area contributed by atoms with Gasteiger partial charge in [-0.15, -0.1) is 0 Å². The molecular formula is C18H21NO2. The molecule has 2 aromatic carbocycles. The first kappa shape index (κ1) is 15.1. The summed E-state index contributed by atoms with van der Waals surface area (Å²) in [5, 5.41) is 2.65. The highest BCUT2D eigenvalue weighted by Crippen LogP contribution is 2.21. The van der Waals surface area contributed by atoms with Crippen LogP contribution >= 0.6 is 0 Å². The van der Waals surface area contributed by atoms with Crippen LogP contribution in [0.15, 0.2) is 42.5 Å². The molecule has 110 valence electrons. The number of likely N-dealkylation sites (N-methyl/N-ethyl adjacent to an activating group) is 1. The lowest BCUT2D eigenvalue weighted by molar-refractivity contribution is -0.119. The Hall–Kier alpha value is -2.29. The number of nitrogens with one attached hydrogen (secondary N) is 1. The fourth-order valence-corrected chi connectivity index (χ4v) is 2.15. The fourth-order valence-electron chi connectivity index (χ4n) is 2.15. The van der Waals surface area contributed by atoms with E-state index in [0.717, 1.165) is 22.4 Å². The highest BCUT2D eigenvalue weighted by Gasteiger charge is 2.08. The first-order valence-electron chi connectivity index (χ1n) is 7.07. The third-order valence-electron chi connectivity index (χ3n) is 3.48. The number of benzene rings is 2. The summed E-state index contributed by atoms with van der Waals surface area (Å²) in [6, 6.07) is 14.1. The number of hydrogen-bond acceptors (Lipinski definition) is 2. The monoisotopic (exact) mass is 283 g/mol. The summed E-state index contributed by atoms with van der Waals surface area (Å²) < 4.78 is 5.93. The van der Waals surface area contributed by atoms with Crippen LogP contribution in [0, 0.1) is 13.8 Å². The lowest BCUT2D eigenvalue weighted by atomic mass is 10.0. The van der Waals surface area contributed by atoms with Crippen molar-refractivity contribution in [1.82, 2.24) is 5.32 Å². The molecule has 0 saturated carbocycles. The minimum Gasteiger partial charge on any atom is -0.489 e. The van der Waals surface area contributed by atoms with Crippen LogP contribution in [-0.4, -0.2) is 13.0 Å². The molecule has 3 nitrogen and oxygen atoms in total. The highest BCUT2D eigenvalue weighted by atomic mass is 16.5. The van der Waals surface area contributed by atoms with E-state index in [1.807, 2.05) is 44.2 Å². The first-order valence-corrected chi connectivity index (χ1v) is 7.07. The second-order valence-corrected chi connectivity index (χ2v) is 5.18. The van der Waals surface area contributed by atoms with Crippen molar-refractivity contribution in [3.05, 3.63) is 64.7 Å². The summed E-state index contributed by atoms with van der Waals surface area (Å²) >= 11 is 0. The average Bonchev–Trinajstić information content (AvgIpc) is 2.49. The van der Waals surface area contributed by atoms with Gasteiger partial charge in [-0.2, -0.15) is 0 Å². The van der Waals surface area contributed by atoms with Crippen molar-refractivity contribution in [3.8, 4) is 5.75 Å². The van der Waals surface area contributed by atoms with Gasteiger partial charge in [0.2, 0.25) is 5.91 Å². The zero-order valence-corrected chi connectivity index (χ0v) is 12.8. The number of carbonyl (C=O) groups is 1.